The molecule has 0 aliphatic carbocycles. The first-order chi connectivity index (χ1) is 11.2. The summed E-state index contributed by atoms with van der Waals surface area (Å²) in [5.41, 5.74) is 4.52. The number of halogens is 1. The lowest BCUT2D eigenvalue weighted by atomic mass is 10.2. The molecule has 2 aromatic rings. The van der Waals surface area contributed by atoms with Crippen molar-refractivity contribution in [2.75, 3.05) is 12.9 Å². The number of carbonyl (C=O) groups excluding carboxylic acids is 1. The molecule has 6 heteroatoms. The Morgan fingerprint density at radius 2 is 2.13 bits per heavy atom. The van der Waals surface area contributed by atoms with Gasteiger partial charge in [-0.05, 0) is 29.8 Å². The highest BCUT2D eigenvalue weighted by Crippen LogP contribution is 2.17. The van der Waals surface area contributed by atoms with E-state index >= 15 is 0 Å². The first-order valence-electron chi connectivity index (χ1n) is 6.96. The van der Waals surface area contributed by atoms with Gasteiger partial charge in [0.2, 0.25) is 5.91 Å². The number of carbonyl (C=O) groups is 1. The molecule has 0 fully saturated rings. The number of amides is 1. The quantitative estimate of drug-likeness (QED) is 0.575. The fraction of sp³-hybridized carbons (Fsp3) is 0.176. The first kappa shape index (κ1) is 17.6. The summed E-state index contributed by atoms with van der Waals surface area (Å²) in [6.45, 7) is 0. The van der Waals surface area contributed by atoms with Crippen molar-refractivity contribution in [2.24, 2.45) is 5.10 Å². The summed E-state index contributed by atoms with van der Waals surface area (Å²) in [6.07, 6.45) is 1.58. The number of para-hydroxylation sites is 1. The van der Waals surface area contributed by atoms with Crippen LogP contribution in [0.4, 0.5) is 0 Å². The van der Waals surface area contributed by atoms with Crippen molar-refractivity contribution >= 4 is 39.8 Å². The number of methoxy groups -OCH3 is 1. The second-order valence-electron chi connectivity index (χ2n) is 4.66. The zero-order valence-corrected chi connectivity index (χ0v) is 15.1. The molecule has 2 aromatic carbocycles. The largest absolute Gasteiger partial charge is 0.496 e. The van der Waals surface area contributed by atoms with Crippen LogP contribution in [-0.2, 0) is 10.5 Å². The Morgan fingerprint density at radius 1 is 1.30 bits per heavy atom. The predicted molar refractivity (Wildman–Crippen MR) is 99.0 cm³/mol. The molecule has 23 heavy (non-hydrogen) atoms. The van der Waals surface area contributed by atoms with E-state index in [1.807, 2.05) is 48.5 Å². The van der Waals surface area contributed by atoms with Gasteiger partial charge in [0.05, 0.1) is 19.1 Å². The lowest BCUT2D eigenvalue weighted by molar-refractivity contribution is -0.118. The number of ether oxygens (including phenoxy) is 1. The van der Waals surface area contributed by atoms with Crippen LogP contribution in [0.1, 0.15) is 11.1 Å². The van der Waals surface area contributed by atoms with Crippen LogP contribution in [0.15, 0.2) is 58.1 Å². The molecule has 0 aliphatic heterocycles. The molecule has 0 saturated carbocycles. The molecular weight excluding hydrogens is 376 g/mol. The number of benzene rings is 2. The van der Waals surface area contributed by atoms with E-state index in [4.69, 9.17) is 4.74 Å². The number of thioether (sulfide) groups is 1. The molecule has 0 atom stereocenters. The first-order valence-corrected chi connectivity index (χ1v) is 8.91. The fourth-order valence-corrected chi connectivity index (χ4v) is 3.08. The SMILES string of the molecule is COc1ccccc1C=NNC(=O)CSCc1cccc(Br)c1. The molecular formula is C17H17BrN2O2S. The Balaban J connectivity index is 1.75. The van der Waals surface area contributed by atoms with Gasteiger partial charge in [0.15, 0.2) is 0 Å². The molecule has 0 aliphatic rings. The van der Waals surface area contributed by atoms with Gasteiger partial charge in [0.25, 0.3) is 0 Å². The van der Waals surface area contributed by atoms with E-state index in [0.29, 0.717) is 5.75 Å². The van der Waals surface area contributed by atoms with Crippen LogP contribution in [0.2, 0.25) is 0 Å². The van der Waals surface area contributed by atoms with Gasteiger partial charge in [-0.3, -0.25) is 4.79 Å². The zero-order valence-electron chi connectivity index (χ0n) is 12.7. The summed E-state index contributed by atoms with van der Waals surface area (Å²) in [5, 5.41) is 3.96. The minimum atomic E-state index is -0.129. The fourth-order valence-electron chi connectivity index (χ4n) is 1.87. The molecule has 0 bridgehead atoms. The standard InChI is InChI=1S/C17H17BrN2O2S/c1-22-16-8-3-2-6-14(16)10-19-20-17(21)12-23-11-13-5-4-7-15(18)9-13/h2-10H,11-12H2,1H3,(H,20,21). The van der Waals surface area contributed by atoms with Gasteiger partial charge < -0.3 is 4.74 Å². The number of hydrazone groups is 1. The highest BCUT2D eigenvalue weighted by Gasteiger charge is 2.02. The van der Waals surface area contributed by atoms with E-state index in [-0.39, 0.29) is 5.91 Å². The van der Waals surface area contributed by atoms with Gasteiger partial charge in [-0.2, -0.15) is 5.10 Å². The topological polar surface area (TPSA) is 50.7 Å². The molecule has 120 valence electrons. The summed E-state index contributed by atoms with van der Waals surface area (Å²) in [5.74, 6) is 1.73. The maximum atomic E-state index is 11.8. The third-order valence-corrected chi connectivity index (χ3v) is 4.42. The van der Waals surface area contributed by atoms with Crippen LogP contribution in [0, 0.1) is 0 Å². The van der Waals surface area contributed by atoms with Crippen molar-refractivity contribution in [2.45, 2.75) is 5.75 Å². The monoisotopic (exact) mass is 392 g/mol. The number of nitrogens with one attached hydrogen (secondary N) is 1. The molecule has 0 unspecified atom stereocenters. The number of rotatable bonds is 7. The lowest BCUT2D eigenvalue weighted by Gasteiger charge is -2.04. The summed E-state index contributed by atoms with van der Waals surface area (Å²) in [6, 6.07) is 15.5. The molecule has 0 heterocycles. The Kier molecular flexibility index (Phi) is 7.16. The normalized spacial score (nSPS) is 10.7. The van der Waals surface area contributed by atoms with Gasteiger partial charge in [0.1, 0.15) is 5.75 Å². The minimum absolute atomic E-state index is 0.129. The molecule has 0 spiro atoms. The maximum Gasteiger partial charge on any atom is 0.250 e. The van der Waals surface area contributed by atoms with Crippen molar-refractivity contribution in [3.05, 3.63) is 64.1 Å². The maximum absolute atomic E-state index is 11.8. The molecule has 4 nitrogen and oxygen atoms in total. The predicted octanol–water partition coefficient (Wildman–Crippen LogP) is 3.84. The van der Waals surface area contributed by atoms with E-state index < -0.39 is 0 Å². The van der Waals surface area contributed by atoms with Crippen LogP contribution in [0.25, 0.3) is 0 Å². The van der Waals surface area contributed by atoms with Crippen molar-refractivity contribution in [3.8, 4) is 5.75 Å². The van der Waals surface area contributed by atoms with Crippen LogP contribution < -0.4 is 10.2 Å². The van der Waals surface area contributed by atoms with Gasteiger partial charge in [0, 0.05) is 15.8 Å². The molecule has 1 amide bonds. The number of hydrogen-bond acceptors (Lipinski definition) is 4. The van der Waals surface area contributed by atoms with Crippen molar-refractivity contribution in [1.29, 1.82) is 0 Å². The van der Waals surface area contributed by atoms with E-state index in [2.05, 4.69) is 26.5 Å². The van der Waals surface area contributed by atoms with E-state index in [0.717, 1.165) is 21.5 Å². The third-order valence-electron chi connectivity index (χ3n) is 2.92. The molecule has 0 saturated heterocycles. The summed E-state index contributed by atoms with van der Waals surface area (Å²) in [4.78, 5) is 11.8. The van der Waals surface area contributed by atoms with Gasteiger partial charge in [-0.25, -0.2) is 5.43 Å². The lowest BCUT2D eigenvalue weighted by Crippen LogP contribution is -2.19. The Morgan fingerprint density at radius 3 is 2.91 bits per heavy atom. The van der Waals surface area contributed by atoms with E-state index in [1.54, 1.807) is 25.1 Å². The van der Waals surface area contributed by atoms with Crippen molar-refractivity contribution in [1.82, 2.24) is 5.43 Å². The zero-order chi connectivity index (χ0) is 16.5. The Hall–Kier alpha value is -1.79. The van der Waals surface area contributed by atoms with Crippen LogP contribution in [0.5, 0.6) is 5.75 Å². The highest BCUT2D eigenvalue weighted by atomic mass is 79.9. The second kappa shape index (κ2) is 9.37. The Bertz CT molecular complexity index is 692. The average molecular weight is 393 g/mol. The smallest absolute Gasteiger partial charge is 0.250 e. The third kappa shape index (κ3) is 6.08. The summed E-state index contributed by atoms with van der Waals surface area (Å²) in [7, 11) is 1.60. The Labute approximate surface area is 148 Å². The highest BCUT2D eigenvalue weighted by molar-refractivity contribution is 9.10. The summed E-state index contributed by atoms with van der Waals surface area (Å²) >= 11 is 4.98. The van der Waals surface area contributed by atoms with Gasteiger partial charge in [-0.15, -0.1) is 11.8 Å². The van der Waals surface area contributed by atoms with E-state index in [9.17, 15) is 4.79 Å². The number of hydrogen-bond donors (Lipinski definition) is 1. The van der Waals surface area contributed by atoms with Crippen molar-refractivity contribution < 1.29 is 9.53 Å². The molecule has 2 rings (SSSR count). The molecule has 1 N–H and O–H groups in total. The van der Waals surface area contributed by atoms with Crippen LogP contribution >= 0.6 is 27.7 Å². The van der Waals surface area contributed by atoms with Crippen LogP contribution in [0.3, 0.4) is 0 Å². The van der Waals surface area contributed by atoms with Gasteiger partial charge >= 0.3 is 0 Å². The summed E-state index contributed by atoms with van der Waals surface area (Å²) < 4.78 is 6.26. The molecule has 0 radical (unpaired) electrons. The van der Waals surface area contributed by atoms with E-state index in [1.165, 1.54) is 5.56 Å². The second-order valence-corrected chi connectivity index (χ2v) is 6.56. The average Bonchev–Trinajstić information content (AvgIpc) is 2.55. The minimum Gasteiger partial charge on any atom is -0.496 e. The van der Waals surface area contributed by atoms with Gasteiger partial charge in [-0.1, -0.05) is 40.2 Å². The molecule has 0 aromatic heterocycles. The van der Waals surface area contributed by atoms with Crippen molar-refractivity contribution in [3.63, 3.8) is 0 Å². The number of nitrogens with zero attached hydrogens (tertiary/aromatic N) is 1. The van der Waals surface area contributed by atoms with Crippen LogP contribution in [-0.4, -0.2) is 25.0 Å².